The van der Waals surface area contributed by atoms with Crippen LogP contribution in [0.15, 0.2) is 0 Å². The first-order valence-electron chi connectivity index (χ1n) is 6.73. The van der Waals surface area contributed by atoms with E-state index in [1.807, 2.05) is 0 Å². The number of nitrogens with one attached hydrogen (secondary N) is 2. The first-order chi connectivity index (χ1) is 8.25. The lowest BCUT2D eigenvalue weighted by atomic mass is 9.82. The number of methoxy groups -OCH3 is 1. The molecule has 0 radical (unpaired) electrons. The Balaban J connectivity index is 2.38. The Labute approximate surface area is 104 Å². The maximum Gasteiger partial charge on any atom is 0.226 e. The van der Waals surface area contributed by atoms with Crippen LogP contribution in [0.5, 0.6) is 0 Å². The van der Waals surface area contributed by atoms with Crippen molar-refractivity contribution in [1.29, 1.82) is 0 Å². The van der Waals surface area contributed by atoms with E-state index in [2.05, 4.69) is 17.6 Å². The summed E-state index contributed by atoms with van der Waals surface area (Å²) in [6, 6.07) is 0. The average Bonchev–Trinajstić information content (AvgIpc) is 2.82. The van der Waals surface area contributed by atoms with Crippen LogP contribution in [0, 0.1) is 5.41 Å². The molecule has 0 aromatic carbocycles. The monoisotopic (exact) mass is 242 g/mol. The molecule has 4 heteroatoms. The quantitative estimate of drug-likeness (QED) is 0.631. The normalized spacial score (nSPS) is 18.2. The van der Waals surface area contributed by atoms with Gasteiger partial charge in [0.15, 0.2) is 0 Å². The van der Waals surface area contributed by atoms with E-state index in [0.29, 0.717) is 6.61 Å². The first-order valence-corrected chi connectivity index (χ1v) is 6.73. The van der Waals surface area contributed by atoms with E-state index in [1.165, 1.54) is 12.8 Å². The van der Waals surface area contributed by atoms with Crippen molar-refractivity contribution < 1.29 is 9.53 Å². The molecule has 100 valence electrons. The molecule has 17 heavy (non-hydrogen) atoms. The number of hydrogen-bond acceptors (Lipinski definition) is 3. The van der Waals surface area contributed by atoms with Gasteiger partial charge in [-0.3, -0.25) is 4.79 Å². The molecule has 1 fully saturated rings. The highest BCUT2D eigenvalue weighted by Crippen LogP contribution is 2.41. The number of ether oxygens (including phenoxy) is 1. The smallest absolute Gasteiger partial charge is 0.226 e. The van der Waals surface area contributed by atoms with Gasteiger partial charge in [-0.05, 0) is 25.8 Å². The second kappa shape index (κ2) is 7.67. The van der Waals surface area contributed by atoms with Gasteiger partial charge in [0, 0.05) is 26.8 Å². The third-order valence-corrected chi connectivity index (χ3v) is 3.66. The van der Waals surface area contributed by atoms with Crippen LogP contribution in [-0.2, 0) is 9.53 Å². The van der Waals surface area contributed by atoms with Gasteiger partial charge in [0.2, 0.25) is 5.91 Å². The molecule has 1 amide bonds. The molecule has 1 saturated carbocycles. The highest BCUT2D eigenvalue weighted by atomic mass is 16.5. The van der Waals surface area contributed by atoms with E-state index in [1.54, 1.807) is 7.11 Å². The van der Waals surface area contributed by atoms with Gasteiger partial charge in [0.25, 0.3) is 0 Å². The fourth-order valence-electron chi connectivity index (χ4n) is 2.57. The predicted octanol–water partition coefficient (Wildman–Crippen LogP) is 1.31. The molecule has 1 aliphatic carbocycles. The summed E-state index contributed by atoms with van der Waals surface area (Å²) in [7, 11) is 1.70. The van der Waals surface area contributed by atoms with Crippen molar-refractivity contribution in [2.45, 2.75) is 39.0 Å². The Morgan fingerprint density at radius 2 is 2.00 bits per heavy atom. The summed E-state index contributed by atoms with van der Waals surface area (Å²) < 4.78 is 5.13. The van der Waals surface area contributed by atoms with Crippen molar-refractivity contribution in [1.82, 2.24) is 10.6 Å². The Kier molecular flexibility index (Phi) is 6.52. The fourth-order valence-corrected chi connectivity index (χ4v) is 2.57. The van der Waals surface area contributed by atoms with Gasteiger partial charge in [-0.1, -0.05) is 19.8 Å². The lowest BCUT2D eigenvalue weighted by Crippen LogP contribution is -2.42. The summed E-state index contributed by atoms with van der Waals surface area (Å²) in [6.07, 6.45) is 5.23. The van der Waals surface area contributed by atoms with Crippen LogP contribution in [0.4, 0.5) is 0 Å². The number of carbonyl (C=O) groups excluding carboxylic acids is 1. The molecule has 0 bridgehead atoms. The molecule has 0 unspecified atom stereocenters. The first kappa shape index (κ1) is 14.5. The molecule has 2 N–H and O–H groups in total. The summed E-state index contributed by atoms with van der Waals surface area (Å²) in [6.45, 7) is 5.27. The number of hydrogen-bond donors (Lipinski definition) is 2. The van der Waals surface area contributed by atoms with Gasteiger partial charge in [-0.25, -0.2) is 0 Å². The average molecular weight is 242 g/mol. The summed E-state index contributed by atoms with van der Waals surface area (Å²) in [4.78, 5) is 12.2. The Morgan fingerprint density at radius 1 is 1.29 bits per heavy atom. The van der Waals surface area contributed by atoms with E-state index in [4.69, 9.17) is 4.74 Å². The maximum absolute atomic E-state index is 12.2. The molecule has 1 rings (SSSR count). The van der Waals surface area contributed by atoms with Crippen molar-refractivity contribution in [3.05, 3.63) is 0 Å². The van der Waals surface area contributed by atoms with Crippen LogP contribution in [0.25, 0.3) is 0 Å². The second-order valence-electron chi connectivity index (χ2n) is 4.84. The van der Waals surface area contributed by atoms with Gasteiger partial charge < -0.3 is 15.4 Å². The van der Waals surface area contributed by atoms with Gasteiger partial charge in [-0.15, -0.1) is 0 Å². The van der Waals surface area contributed by atoms with Crippen LogP contribution in [0.2, 0.25) is 0 Å². The molecule has 4 nitrogen and oxygen atoms in total. The summed E-state index contributed by atoms with van der Waals surface area (Å²) in [5.41, 5.74) is -0.151. The van der Waals surface area contributed by atoms with Crippen LogP contribution < -0.4 is 10.6 Å². The van der Waals surface area contributed by atoms with E-state index >= 15 is 0 Å². The van der Waals surface area contributed by atoms with Crippen molar-refractivity contribution >= 4 is 5.91 Å². The molecule has 0 spiro atoms. The molecule has 0 atom stereocenters. The topological polar surface area (TPSA) is 50.4 Å². The zero-order valence-corrected chi connectivity index (χ0v) is 11.2. The van der Waals surface area contributed by atoms with Crippen LogP contribution in [0.1, 0.15) is 39.0 Å². The standard InChI is InChI=1S/C13H26N2O2/c1-3-14-9-10-15-12(16)13(8-11-17-2)6-4-5-7-13/h14H,3-11H2,1-2H3,(H,15,16). The van der Waals surface area contributed by atoms with Crippen molar-refractivity contribution in [3.63, 3.8) is 0 Å². The summed E-state index contributed by atoms with van der Waals surface area (Å²) in [5, 5.41) is 6.26. The lowest BCUT2D eigenvalue weighted by Gasteiger charge is -2.27. The highest BCUT2D eigenvalue weighted by Gasteiger charge is 2.40. The number of rotatable bonds is 8. The second-order valence-corrected chi connectivity index (χ2v) is 4.84. The zero-order valence-electron chi connectivity index (χ0n) is 11.2. The zero-order chi connectivity index (χ0) is 12.6. The van der Waals surface area contributed by atoms with Crippen molar-refractivity contribution in [3.8, 4) is 0 Å². The Bertz CT molecular complexity index is 225. The molecule has 0 heterocycles. The Morgan fingerprint density at radius 3 is 2.59 bits per heavy atom. The molecule has 0 saturated heterocycles. The molecule has 0 aromatic rings. The molecule has 1 aliphatic rings. The molecular formula is C13H26N2O2. The van der Waals surface area contributed by atoms with Gasteiger partial charge in [0.1, 0.15) is 0 Å². The largest absolute Gasteiger partial charge is 0.385 e. The van der Waals surface area contributed by atoms with E-state index in [0.717, 1.165) is 38.9 Å². The Hall–Kier alpha value is -0.610. The maximum atomic E-state index is 12.2. The van der Waals surface area contributed by atoms with Gasteiger partial charge in [-0.2, -0.15) is 0 Å². The minimum absolute atomic E-state index is 0.151. The number of amides is 1. The van der Waals surface area contributed by atoms with Crippen LogP contribution >= 0.6 is 0 Å². The van der Waals surface area contributed by atoms with Crippen molar-refractivity contribution in [2.75, 3.05) is 33.4 Å². The van der Waals surface area contributed by atoms with Crippen molar-refractivity contribution in [2.24, 2.45) is 5.41 Å². The van der Waals surface area contributed by atoms with Crippen LogP contribution in [0.3, 0.4) is 0 Å². The lowest BCUT2D eigenvalue weighted by molar-refractivity contribution is -0.131. The number of likely N-dealkylation sites (N-methyl/N-ethyl adjacent to an activating group) is 1. The SMILES string of the molecule is CCNCCNC(=O)C1(CCOC)CCCC1. The highest BCUT2D eigenvalue weighted by molar-refractivity contribution is 5.82. The third-order valence-electron chi connectivity index (χ3n) is 3.66. The van der Waals surface area contributed by atoms with Gasteiger partial charge in [0.05, 0.1) is 5.41 Å². The van der Waals surface area contributed by atoms with E-state index in [-0.39, 0.29) is 11.3 Å². The molecule has 0 aliphatic heterocycles. The van der Waals surface area contributed by atoms with Crippen LogP contribution in [-0.4, -0.2) is 39.3 Å². The van der Waals surface area contributed by atoms with E-state index in [9.17, 15) is 4.79 Å². The minimum Gasteiger partial charge on any atom is -0.385 e. The predicted molar refractivity (Wildman–Crippen MR) is 68.9 cm³/mol. The fraction of sp³-hybridized carbons (Fsp3) is 0.923. The molecular weight excluding hydrogens is 216 g/mol. The van der Waals surface area contributed by atoms with E-state index < -0.39 is 0 Å². The summed E-state index contributed by atoms with van der Waals surface area (Å²) >= 11 is 0. The minimum atomic E-state index is -0.151. The number of carbonyl (C=O) groups is 1. The summed E-state index contributed by atoms with van der Waals surface area (Å²) in [5.74, 6) is 0.227. The van der Waals surface area contributed by atoms with Gasteiger partial charge >= 0.3 is 0 Å². The third kappa shape index (κ3) is 4.28. The molecule has 0 aromatic heterocycles.